The van der Waals surface area contributed by atoms with E-state index in [9.17, 15) is 0 Å². The van der Waals surface area contributed by atoms with Gasteiger partial charge in [-0.25, -0.2) is 0 Å². The van der Waals surface area contributed by atoms with Gasteiger partial charge < -0.3 is 10.8 Å². The topological polar surface area (TPSA) is 63.3 Å². The Morgan fingerprint density at radius 1 is 1.44 bits per heavy atom. The van der Waals surface area contributed by atoms with Gasteiger partial charge in [-0.1, -0.05) is 48.8 Å². The summed E-state index contributed by atoms with van der Waals surface area (Å²) in [4.78, 5) is 9.00. The van der Waals surface area contributed by atoms with Crippen LogP contribution in [-0.2, 0) is 4.79 Å². The Bertz CT molecular complexity index is 199. The van der Waals surface area contributed by atoms with Gasteiger partial charge in [0.05, 0.1) is 0 Å². The summed E-state index contributed by atoms with van der Waals surface area (Å²) < 4.78 is 0.547. The Morgan fingerprint density at radius 3 is 2.25 bits per heavy atom. The SMILES string of the molecule is CC(=O)O.CCC(N)CC1(I)CCCCC1. The minimum Gasteiger partial charge on any atom is -0.481 e. The molecule has 16 heavy (non-hydrogen) atoms. The van der Waals surface area contributed by atoms with E-state index in [-0.39, 0.29) is 0 Å². The average Bonchev–Trinajstić information content (AvgIpc) is 2.17. The minimum atomic E-state index is -0.833. The zero-order valence-corrected chi connectivity index (χ0v) is 12.5. The van der Waals surface area contributed by atoms with Crippen molar-refractivity contribution in [2.24, 2.45) is 5.73 Å². The van der Waals surface area contributed by atoms with Crippen LogP contribution in [0.5, 0.6) is 0 Å². The van der Waals surface area contributed by atoms with Gasteiger partial charge in [0.15, 0.2) is 0 Å². The Hall–Kier alpha value is 0.160. The highest BCUT2D eigenvalue weighted by atomic mass is 127. The fraction of sp³-hybridized carbons (Fsp3) is 0.917. The first kappa shape index (κ1) is 16.2. The fourth-order valence-corrected chi connectivity index (χ4v) is 3.33. The molecule has 3 N–H and O–H groups in total. The second kappa shape index (κ2) is 8.28. The number of aliphatic carboxylic acids is 1. The van der Waals surface area contributed by atoms with Crippen LogP contribution in [-0.4, -0.2) is 20.5 Å². The summed E-state index contributed by atoms with van der Waals surface area (Å²) >= 11 is 2.65. The zero-order valence-electron chi connectivity index (χ0n) is 10.3. The lowest BCUT2D eigenvalue weighted by atomic mass is 9.84. The van der Waals surface area contributed by atoms with Crippen LogP contribution in [0, 0.1) is 0 Å². The normalized spacial score (nSPS) is 20.5. The molecule has 96 valence electrons. The van der Waals surface area contributed by atoms with Gasteiger partial charge in [0, 0.05) is 16.4 Å². The number of carboxylic acid groups (broad SMARTS) is 1. The molecule has 0 saturated heterocycles. The van der Waals surface area contributed by atoms with E-state index in [1.54, 1.807) is 0 Å². The largest absolute Gasteiger partial charge is 0.481 e. The molecule has 3 nitrogen and oxygen atoms in total. The van der Waals surface area contributed by atoms with Gasteiger partial charge in [-0.15, -0.1) is 0 Å². The number of carboxylic acids is 1. The Morgan fingerprint density at radius 2 is 1.88 bits per heavy atom. The molecule has 1 saturated carbocycles. The molecule has 1 fully saturated rings. The monoisotopic (exact) mass is 341 g/mol. The first-order chi connectivity index (χ1) is 7.39. The van der Waals surface area contributed by atoms with Gasteiger partial charge >= 0.3 is 0 Å². The van der Waals surface area contributed by atoms with Crippen LogP contribution < -0.4 is 5.73 Å². The molecule has 0 amide bonds. The standard InChI is InChI=1S/C10H20IN.C2H4O2/c1-2-9(12)8-10(11)6-4-3-5-7-10;1-2(3)4/h9H,2-8,12H2,1H3;1H3,(H,3,4). The summed E-state index contributed by atoms with van der Waals surface area (Å²) in [6.07, 6.45) is 9.40. The number of hydrogen-bond donors (Lipinski definition) is 2. The molecule has 0 spiro atoms. The number of alkyl halides is 1. The highest BCUT2D eigenvalue weighted by Crippen LogP contribution is 2.39. The van der Waals surface area contributed by atoms with E-state index in [4.69, 9.17) is 15.6 Å². The first-order valence-corrected chi connectivity index (χ1v) is 7.11. The third-order valence-corrected chi connectivity index (χ3v) is 4.42. The summed E-state index contributed by atoms with van der Waals surface area (Å²) in [5.74, 6) is -0.833. The van der Waals surface area contributed by atoms with Crippen LogP contribution in [0.4, 0.5) is 0 Å². The number of hydrogen-bond acceptors (Lipinski definition) is 2. The third-order valence-electron chi connectivity index (χ3n) is 2.90. The number of rotatable bonds is 3. The van der Waals surface area contributed by atoms with Crippen molar-refractivity contribution in [3.63, 3.8) is 0 Å². The summed E-state index contributed by atoms with van der Waals surface area (Å²) in [5, 5.41) is 7.42. The van der Waals surface area contributed by atoms with E-state index in [0.29, 0.717) is 9.46 Å². The predicted molar refractivity (Wildman–Crippen MR) is 76.0 cm³/mol. The quantitative estimate of drug-likeness (QED) is 0.611. The van der Waals surface area contributed by atoms with Crippen LogP contribution >= 0.6 is 22.6 Å². The van der Waals surface area contributed by atoms with Gasteiger partial charge in [0.25, 0.3) is 5.97 Å². The van der Waals surface area contributed by atoms with Crippen molar-refractivity contribution in [2.45, 2.75) is 68.3 Å². The second-order valence-corrected chi connectivity index (χ2v) is 6.89. The number of carbonyl (C=O) groups is 1. The fourth-order valence-electron chi connectivity index (χ4n) is 2.00. The molecular formula is C12H24INO2. The molecule has 1 rings (SSSR count). The third kappa shape index (κ3) is 8.33. The van der Waals surface area contributed by atoms with E-state index in [1.165, 1.54) is 38.5 Å². The molecule has 1 aliphatic carbocycles. The van der Waals surface area contributed by atoms with E-state index >= 15 is 0 Å². The van der Waals surface area contributed by atoms with Gasteiger partial charge in [-0.3, -0.25) is 4.79 Å². The molecule has 0 aromatic rings. The van der Waals surface area contributed by atoms with Crippen molar-refractivity contribution in [3.05, 3.63) is 0 Å². The molecule has 0 radical (unpaired) electrons. The summed E-state index contributed by atoms with van der Waals surface area (Å²) in [7, 11) is 0. The smallest absolute Gasteiger partial charge is 0.300 e. The van der Waals surface area contributed by atoms with E-state index in [2.05, 4.69) is 29.5 Å². The number of halogens is 1. The van der Waals surface area contributed by atoms with Crippen LogP contribution in [0.2, 0.25) is 0 Å². The molecule has 1 atom stereocenters. The predicted octanol–water partition coefficient (Wildman–Crippen LogP) is 3.34. The summed E-state index contributed by atoms with van der Waals surface area (Å²) in [6.45, 7) is 3.27. The molecule has 1 aliphatic rings. The van der Waals surface area contributed by atoms with Crippen molar-refractivity contribution in [2.75, 3.05) is 0 Å². The van der Waals surface area contributed by atoms with Crippen molar-refractivity contribution in [3.8, 4) is 0 Å². The Balaban J connectivity index is 0.000000487. The van der Waals surface area contributed by atoms with Crippen molar-refractivity contribution in [1.82, 2.24) is 0 Å². The molecule has 0 aliphatic heterocycles. The van der Waals surface area contributed by atoms with Crippen LogP contribution in [0.1, 0.15) is 58.8 Å². The van der Waals surface area contributed by atoms with Crippen molar-refractivity contribution in [1.29, 1.82) is 0 Å². The molecule has 4 heteroatoms. The molecule has 0 bridgehead atoms. The molecule has 1 unspecified atom stereocenters. The minimum absolute atomic E-state index is 0.431. The highest BCUT2D eigenvalue weighted by molar-refractivity contribution is 14.1. The lowest BCUT2D eigenvalue weighted by Gasteiger charge is -2.33. The van der Waals surface area contributed by atoms with E-state index < -0.39 is 5.97 Å². The van der Waals surface area contributed by atoms with Gasteiger partial charge in [0.2, 0.25) is 0 Å². The van der Waals surface area contributed by atoms with E-state index in [0.717, 1.165) is 13.3 Å². The molecule has 0 aromatic carbocycles. The Labute approximate surface area is 112 Å². The van der Waals surface area contributed by atoms with Crippen LogP contribution in [0.3, 0.4) is 0 Å². The molecule has 0 aromatic heterocycles. The average molecular weight is 341 g/mol. The van der Waals surface area contributed by atoms with Crippen LogP contribution in [0.15, 0.2) is 0 Å². The second-order valence-electron chi connectivity index (χ2n) is 4.60. The maximum Gasteiger partial charge on any atom is 0.300 e. The van der Waals surface area contributed by atoms with Gasteiger partial charge in [-0.05, 0) is 25.7 Å². The lowest BCUT2D eigenvalue weighted by Crippen LogP contribution is -2.33. The summed E-state index contributed by atoms with van der Waals surface area (Å²) in [6, 6.07) is 0.431. The zero-order chi connectivity index (χ0) is 12.6. The lowest BCUT2D eigenvalue weighted by molar-refractivity contribution is -0.134. The summed E-state index contributed by atoms with van der Waals surface area (Å²) in [5.41, 5.74) is 5.98. The molecule has 0 heterocycles. The maximum atomic E-state index is 9.00. The van der Waals surface area contributed by atoms with Crippen molar-refractivity contribution < 1.29 is 9.90 Å². The molecular weight excluding hydrogens is 317 g/mol. The first-order valence-electron chi connectivity index (χ1n) is 6.03. The van der Waals surface area contributed by atoms with E-state index in [1.807, 2.05) is 0 Å². The van der Waals surface area contributed by atoms with Gasteiger partial charge in [0.1, 0.15) is 0 Å². The Kier molecular flexibility index (Phi) is 8.36. The van der Waals surface area contributed by atoms with Crippen LogP contribution in [0.25, 0.3) is 0 Å². The number of nitrogens with two attached hydrogens (primary N) is 1. The highest BCUT2D eigenvalue weighted by Gasteiger charge is 2.29. The van der Waals surface area contributed by atoms with Crippen molar-refractivity contribution >= 4 is 28.6 Å². The van der Waals surface area contributed by atoms with Gasteiger partial charge in [-0.2, -0.15) is 0 Å². The maximum absolute atomic E-state index is 9.00.